The molecule has 2 unspecified atom stereocenters. The summed E-state index contributed by atoms with van der Waals surface area (Å²) in [5.74, 6) is -1.62. The van der Waals surface area contributed by atoms with Crippen LogP contribution in [-0.2, 0) is 19.2 Å². The highest BCUT2D eigenvalue weighted by molar-refractivity contribution is 8.14. The van der Waals surface area contributed by atoms with Crippen LogP contribution in [-0.4, -0.2) is 93.6 Å². The number of hydrogen-bond donors (Lipinski definition) is 1. The van der Waals surface area contributed by atoms with E-state index in [1.54, 1.807) is 18.2 Å². The van der Waals surface area contributed by atoms with Crippen LogP contribution < -0.4 is 0 Å². The van der Waals surface area contributed by atoms with E-state index in [9.17, 15) is 23.6 Å². The Balaban J connectivity index is 1.51. The minimum Gasteiger partial charge on any atom is -0.480 e. The van der Waals surface area contributed by atoms with E-state index in [2.05, 4.69) is 0 Å². The van der Waals surface area contributed by atoms with Gasteiger partial charge < -0.3 is 10.0 Å². The minimum absolute atomic E-state index is 0.0107. The highest BCUT2D eigenvalue weighted by Crippen LogP contribution is 2.40. The molecule has 194 valence electrons. The molecule has 8 nitrogen and oxygen atoms in total. The molecule has 1 aromatic carbocycles. The zero-order valence-corrected chi connectivity index (χ0v) is 21.2. The van der Waals surface area contributed by atoms with Crippen molar-refractivity contribution in [1.82, 2.24) is 14.7 Å². The summed E-state index contributed by atoms with van der Waals surface area (Å²) in [5.41, 5.74) is 1.39. The third-order valence-electron chi connectivity index (χ3n) is 6.94. The number of Topliss-reactive ketones (excluding diaryl/α,β-unsaturated/α-hetero) is 1. The number of aliphatic carboxylic acids is 1. The highest BCUT2D eigenvalue weighted by atomic mass is 32.2. The van der Waals surface area contributed by atoms with Crippen molar-refractivity contribution < 1.29 is 28.7 Å². The van der Waals surface area contributed by atoms with Crippen molar-refractivity contribution in [2.24, 2.45) is 5.92 Å². The van der Waals surface area contributed by atoms with Crippen LogP contribution in [0.15, 0.2) is 35.9 Å². The zero-order valence-electron chi connectivity index (χ0n) is 20.4. The van der Waals surface area contributed by atoms with Crippen LogP contribution in [0.4, 0.5) is 4.39 Å². The average Bonchev–Trinajstić information content (AvgIpc) is 3.67. The van der Waals surface area contributed by atoms with Gasteiger partial charge in [-0.25, -0.2) is 4.39 Å². The molecular formula is C26H32FN3O5S. The first-order chi connectivity index (χ1) is 17.2. The van der Waals surface area contributed by atoms with Gasteiger partial charge in [0, 0.05) is 56.4 Å². The summed E-state index contributed by atoms with van der Waals surface area (Å²) in [5, 5.41) is 8.94. The van der Waals surface area contributed by atoms with Crippen LogP contribution in [0.2, 0.25) is 0 Å². The molecule has 0 aromatic heterocycles. The van der Waals surface area contributed by atoms with Crippen LogP contribution >= 0.6 is 11.8 Å². The lowest BCUT2D eigenvalue weighted by Crippen LogP contribution is -2.51. The quantitative estimate of drug-likeness (QED) is 0.499. The van der Waals surface area contributed by atoms with Crippen molar-refractivity contribution in [3.8, 4) is 0 Å². The number of carbonyl (C=O) groups is 4. The van der Waals surface area contributed by atoms with Gasteiger partial charge in [-0.1, -0.05) is 36.0 Å². The summed E-state index contributed by atoms with van der Waals surface area (Å²) >= 11 is 1.27. The van der Waals surface area contributed by atoms with Crippen LogP contribution in [0, 0.1) is 11.7 Å². The van der Waals surface area contributed by atoms with Gasteiger partial charge in [0.25, 0.3) is 0 Å². The Morgan fingerprint density at radius 1 is 1.14 bits per heavy atom. The summed E-state index contributed by atoms with van der Waals surface area (Å²) in [6, 6.07) is 5.78. The van der Waals surface area contributed by atoms with E-state index in [1.807, 2.05) is 15.9 Å². The molecule has 2 heterocycles. The SMILES string of the molecule is CC(=O)SC1CCN(C(C(=O)C2CC2)c2ccccc2F)C/C1=C\CN1CCN(CC(=O)O)C(=O)C1. The topological polar surface area (TPSA) is 98.2 Å². The number of rotatable bonds is 9. The number of carboxylic acid groups (broad SMARTS) is 1. The maximum Gasteiger partial charge on any atom is 0.323 e. The van der Waals surface area contributed by atoms with Crippen molar-refractivity contribution in [1.29, 1.82) is 0 Å². The largest absolute Gasteiger partial charge is 0.480 e. The van der Waals surface area contributed by atoms with E-state index in [1.165, 1.54) is 29.7 Å². The van der Waals surface area contributed by atoms with Crippen LogP contribution in [0.1, 0.15) is 37.8 Å². The second-order valence-corrected chi connectivity index (χ2v) is 11.1. The third kappa shape index (κ3) is 6.60. The van der Waals surface area contributed by atoms with Crippen molar-refractivity contribution in [2.45, 2.75) is 37.5 Å². The van der Waals surface area contributed by atoms with Gasteiger partial charge in [0.1, 0.15) is 12.4 Å². The molecule has 1 amide bonds. The summed E-state index contributed by atoms with van der Waals surface area (Å²) in [4.78, 5) is 53.8. The highest BCUT2D eigenvalue weighted by Gasteiger charge is 2.41. The Labute approximate surface area is 214 Å². The molecule has 3 aliphatic rings. The van der Waals surface area contributed by atoms with Crippen LogP contribution in [0.3, 0.4) is 0 Å². The number of thioether (sulfide) groups is 1. The monoisotopic (exact) mass is 517 g/mol. The number of benzene rings is 1. The van der Waals surface area contributed by atoms with Gasteiger partial charge >= 0.3 is 5.97 Å². The number of piperazine rings is 1. The summed E-state index contributed by atoms with van der Waals surface area (Å²) < 4.78 is 14.8. The molecule has 1 saturated carbocycles. The molecular weight excluding hydrogens is 485 g/mol. The fourth-order valence-electron chi connectivity index (χ4n) is 4.94. The number of nitrogens with zero attached hydrogens (tertiary/aromatic N) is 3. The molecule has 1 aliphatic carbocycles. The van der Waals surface area contributed by atoms with E-state index in [0.29, 0.717) is 44.7 Å². The van der Waals surface area contributed by atoms with Crippen molar-refractivity contribution in [2.75, 3.05) is 45.8 Å². The van der Waals surface area contributed by atoms with Gasteiger partial charge in [-0.2, -0.15) is 0 Å². The van der Waals surface area contributed by atoms with E-state index in [0.717, 1.165) is 18.4 Å². The van der Waals surface area contributed by atoms with Gasteiger partial charge in [0.2, 0.25) is 5.91 Å². The first kappa shape index (κ1) is 26.5. The number of likely N-dealkylation sites (tertiary alicyclic amines) is 1. The number of carboxylic acids is 1. The molecule has 3 fully saturated rings. The lowest BCUT2D eigenvalue weighted by Gasteiger charge is -2.39. The molecule has 4 rings (SSSR count). The lowest BCUT2D eigenvalue weighted by atomic mass is 9.93. The third-order valence-corrected chi connectivity index (χ3v) is 8.09. The van der Waals surface area contributed by atoms with Crippen LogP contribution in [0.5, 0.6) is 0 Å². The number of amides is 1. The van der Waals surface area contributed by atoms with Crippen molar-refractivity contribution in [3.05, 3.63) is 47.3 Å². The van der Waals surface area contributed by atoms with Gasteiger partial charge in [0.15, 0.2) is 10.9 Å². The number of carbonyl (C=O) groups excluding carboxylic acids is 3. The van der Waals surface area contributed by atoms with Gasteiger partial charge in [-0.3, -0.25) is 29.0 Å². The fourth-order valence-corrected chi connectivity index (χ4v) is 5.89. The Bertz CT molecular complexity index is 1060. The molecule has 2 aliphatic heterocycles. The Kier molecular flexibility index (Phi) is 8.58. The molecule has 2 saturated heterocycles. The molecule has 0 bridgehead atoms. The minimum atomic E-state index is -1.03. The smallest absolute Gasteiger partial charge is 0.323 e. The maximum absolute atomic E-state index is 14.8. The fraction of sp³-hybridized carbons (Fsp3) is 0.538. The molecule has 0 spiro atoms. The lowest BCUT2D eigenvalue weighted by molar-refractivity contribution is -0.146. The normalized spacial score (nSPS) is 23.6. The van der Waals surface area contributed by atoms with Crippen molar-refractivity contribution in [3.63, 3.8) is 0 Å². The number of halogens is 1. The van der Waals surface area contributed by atoms with Gasteiger partial charge in [0.05, 0.1) is 12.6 Å². The summed E-state index contributed by atoms with van der Waals surface area (Å²) in [6.45, 7) is 3.75. The van der Waals surface area contributed by atoms with E-state index in [4.69, 9.17) is 5.11 Å². The predicted octanol–water partition coefficient (Wildman–Crippen LogP) is 2.36. The Hall–Kier alpha value is -2.56. The second-order valence-electron chi connectivity index (χ2n) is 9.68. The van der Waals surface area contributed by atoms with Crippen LogP contribution in [0.25, 0.3) is 0 Å². The molecule has 2 atom stereocenters. The van der Waals surface area contributed by atoms with Crippen molar-refractivity contribution >= 4 is 34.5 Å². The van der Waals surface area contributed by atoms with E-state index < -0.39 is 12.0 Å². The molecule has 10 heteroatoms. The zero-order chi connectivity index (χ0) is 25.8. The standard InChI is InChI=1S/C26H32FN3O5S/c1-17(31)36-22-9-11-30(25(26(35)18-6-7-18)20-4-2-3-5-21(20)27)14-19(22)8-10-28-12-13-29(16-24(33)34)23(32)15-28/h2-5,8,18,22,25H,6-7,9-16H2,1H3,(H,33,34)/b19-8+. The van der Waals surface area contributed by atoms with Gasteiger partial charge in [-0.05, 0) is 30.9 Å². The molecule has 1 N–H and O–H groups in total. The summed E-state index contributed by atoms with van der Waals surface area (Å²) in [7, 11) is 0. The Morgan fingerprint density at radius 3 is 2.53 bits per heavy atom. The molecule has 0 radical (unpaired) electrons. The molecule has 1 aromatic rings. The number of hydrogen-bond acceptors (Lipinski definition) is 7. The average molecular weight is 518 g/mol. The van der Waals surface area contributed by atoms with E-state index >= 15 is 0 Å². The number of piperidine rings is 1. The molecule has 36 heavy (non-hydrogen) atoms. The van der Waals surface area contributed by atoms with E-state index in [-0.39, 0.29) is 46.9 Å². The maximum atomic E-state index is 14.8. The van der Waals surface area contributed by atoms with Gasteiger partial charge in [-0.15, -0.1) is 0 Å². The predicted molar refractivity (Wildman–Crippen MR) is 134 cm³/mol. The first-order valence-electron chi connectivity index (χ1n) is 12.3. The summed E-state index contributed by atoms with van der Waals surface area (Å²) in [6.07, 6.45) is 4.35. The number of ketones is 1. The second kappa shape index (κ2) is 11.7. The first-order valence-corrected chi connectivity index (χ1v) is 13.2. The Morgan fingerprint density at radius 2 is 1.89 bits per heavy atom.